The lowest BCUT2D eigenvalue weighted by molar-refractivity contribution is 0.0635. The van der Waals surface area contributed by atoms with Crippen LogP contribution in [0, 0.1) is 6.92 Å². The van der Waals surface area contributed by atoms with E-state index in [1.54, 1.807) is 39.5 Å². The van der Waals surface area contributed by atoms with Gasteiger partial charge in [-0.2, -0.15) is 0 Å². The van der Waals surface area contributed by atoms with Gasteiger partial charge >= 0.3 is 6.09 Å². The summed E-state index contributed by atoms with van der Waals surface area (Å²) in [6.07, 6.45) is -0.584. The molecule has 0 fully saturated rings. The van der Waals surface area contributed by atoms with Crippen LogP contribution in [0.1, 0.15) is 26.3 Å². The minimum absolute atomic E-state index is 0.276. The maximum atomic E-state index is 12.4. The average Bonchev–Trinajstić information content (AvgIpc) is 3.03. The number of benzene rings is 1. The highest BCUT2D eigenvalue weighted by atomic mass is 16.6. The summed E-state index contributed by atoms with van der Waals surface area (Å²) in [5.41, 5.74) is 3.05. The molecule has 0 atom stereocenters. The van der Waals surface area contributed by atoms with Crippen LogP contribution in [0.4, 0.5) is 10.5 Å². The number of carbonyl (C=O) groups excluding carboxylic acids is 1. The molecule has 8 nitrogen and oxygen atoms in total. The number of pyridine rings is 1. The van der Waals surface area contributed by atoms with Gasteiger partial charge in [0.15, 0.2) is 0 Å². The molecule has 0 aliphatic carbocycles. The number of hydrogen-bond acceptors (Lipinski definition) is 6. The minimum Gasteiger partial charge on any atom is -0.497 e. The minimum atomic E-state index is -0.626. The Morgan fingerprint density at radius 3 is 2.40 bits per heavy atom. The Kier molecular flexibility index (Phi) is 5.78. The van der Waals surface area contributed by atoms with E-state index in [2.05, 4.69) is 10.4 Å². The second kappa shape index (κ2) is 8.14. The van der Waals surface area contributed by atoms with Gasteiger partial charge in [-0.1, -0.05) is 6.07 Å². The van der Waals surface area contributed by atoms with E-state index in [1.807, 2.05) is 37.3 Å². The van der Waals surface area contributed by atoms with Gasteiger partial charge in [-0.25, -0.2) is 9.31 Å². The van der Waals surface area contributed by atoms with E-state index in [9.17, 15) is 4.79 Å². The number of nitrogens with one attached hydrogen (secondary N) is 1. The molecule has 0 saturated heterocycles. The van der Waals surface area contributed by atoms with Crippen LogP contribution in [0.25, 0.3) is 16.8 Å². The standard InChI is InChI=1S/C22H27N3O5/c1-13-11-14(27-5)12-17(28-6)18(13)15-9-8-10-16-19(20(29-7)24-25(15)16)23-21(26)30-22(2,3)4/h8-12H,1-7H3,(H,23,26). The van der Waals surface area contributed by atoms with Gasteiger partial charge in [0, 0.05) is 11.6 Å². The van der Waals surface area contributed by atoms with Gasteiger partial charge < -0.3 is 18.9 Å². The molecule has 0 saturated carbocycles. The average molecular weight is 413 g/mol. The third kappa shape index (κ3) is 4.12. The number of rotatable bonds is 5. The fraction of sp³-hybridized carbons (Fsp3) is 0.364. The van der Waals surface area contributed by atoms with Crippen LogP contribution in [-0.2, 0) is 4.74 Å². The van der Waals surface area contributed by atoms with Crippen molar-refractivity contribution in [3.63, 3.8) is 0 Å². The molecule has 2 heterocycles. The predicted octanol–water partition coefficient (Wildman–Crippen LogP) is 4.68. The highest BCUT2D eigenvalue weighted by Gasteiger charge is 2.23. The van der Waals surface area contributed by atoms with Crippen molar-refractivity contribution in [2.24, 2.45) is 0 Å². The van der Waals surface area contributed by atoms with Crippen molar-refractivity contribution in [3.05, 3.63) is 35.9 Å². The van der Waals surface area contributed by atoms with Crippen LogP contribution in [0.15, 0.2) is 30.3 Å². The molecule has 2 aromatic heterocycles. The van der Waals surface area contributed by atoms with Crippen molar-refractivity contribution in [2.75, 3.05) is 26.6 Å². The number of aromatic nitrogens is 2. The van der Waals surface area contributed by atoms with E-state index in [4.69, 9.17) is 18.9 Å². The maximum Gasteiger partial charge on any atom is 0.412 e. The quantitative estimate of drug-likeness (QED) is 0.654. The van der Waals surface area contributed by atoms with Gasteiger partial charge in [-0.05, 0) is 51.5 Å². The Morgan fingerprint density at radius 1 is 1.07 bits per heavy atom. The first-order chi connectivity index (χ1) is 14.2. The molecule has 1 amide bonds. The first-order valence-corrected chi connectivity index (χ1v) is 9.47. The van der Waals surface area contributed by atoms with E-state index in [0.717, 1.165) is 16.8 Å². The second-order valence-corrected chi connectivity index (χ2v) is 7.74. The van der Waals surface area contributed by atoms with Crippen LogP contribution < -0.4 is 19.5 Å². The number of amides is 1. The number of aryl methyl sites for hydroxylation is 1. The van der Waals surface area contributed by atoms with Crippen molar-refractivity contribution in [1.82, 2.24) is 9.61 Å². The van der Waals surface area contributed by atoms with Crippen LogP contribution in [0.5, 0.6) is 17.4 Å². The van der Waals surface area contributed by atoms with Crippen molar-refractivity contribution < 1.29 is 23.7 Å². The third-order valence-electron chi connectivity index (χ3n) is 4.43. The highest BCUT2D eigenvalue weighted by Crippen LogP contribution is 2.39. The summed E-state index contributed by atoms with van der Waals surface area (Å²) < 4.78 is 23.5. The molecule has 8 heteroatoms. The van der Waals surface area contributed by atoms with Crippen LogP contribution >= 0.6 is 0 Å². The van der Waals surface area contributed by atoms with Gasteiger partial charge in [-0.3, -0.25) is 5.32 Å². The Hall–Kier alpha value is -3.42. The molecule has 3 rings (SSSR count). The molecule has 0 spiro atoms. The Labute approximate surface area is 175 Å². The zero-order valence-electron chi connectivity index (χ0n) is 18.3. The van der Waals surface area contributed by atoms with E-state index in [-0.39, 0.29) is 5.88 Å². The summed E-state index contributed by atoms with van der Waals surface area (Å²) in [7, 11) is 4.72. The predicted molar refractivity (Wildman–Crippen MR) is 115 cm³/mol. The Balaban J connectivity index is 2.17. The smallest absolute Gasteiger partial charge is 0.412 e. The molecular formula is C22H27N3O5. The largest absolute Gasteiger partial charge is 0.497 e. The van der Waals surface area contributed by atoms with Crippen LogP contribution in [0.2, 0.25) is 0 Å². The number of nitrogens with zero attached hydrogens (tertiary/aromatic N) is 2. The number of methoxy groups -OCH3 is 3. The van der Waals surface area contributed by atoms with Crippen molar-refractivity contribution >= 4 is 17.3 Å². The number of fused-ring (bicyclic) bond motifs is 1. The molecule has 0 aliphatic heterocycles. The van der Waals surface area contributed by atoms with E-state index in [0.29, 0.717) is 22.7 Å². The first kappa shape index (κ1) is 21.3. The number of hydrogen-bond donors (Lipinski definition) is 1. The van der Waals surface area contributed by atoms with E-state index in [1.165, 1.54) is 7.11 Å². The van der Waals surface area contributed by atoms with Crippen molar-refractivity contribution in [2.45, 2.75) is 33.3 Å². The van der Waals surface area contributed by atoms with E-state index >= 15 is 0 Å². The molecule has 3 aromatic rings. The molecule has 1 N–H and O–H groups in total. The van der Waals surface area contributed by atoms with Gasteiger partial charge in [-0.15, -0.1) is 5.10 Å². The zero-order valence-corrected chi connectivity index (χ0v) is 18.3. The number of anilines is 1. The summed E-state index contributed by atoms with van der Waals surface area (Å²) in [5.74, 6) is 1.62. The summed E-state index contributed by atoms with van der Waals surface area (Å²) >= 11 is 0. The van der Waals surface area contributed by atoms with Crippen molar-refractivity contribution in [1.29, 1.82) is 0 Å². The number of carbonyl (C=O) groups is 1. The second-order valence-electron chi connectivity index (χ2n) is 7.74. The fourth-order valence-electron chi connectivity index (χ4n) is 3.23. The normalized spacial score (nSPS) is 11.3. The lowest BCUT2D eigenvalue weighted by Crippen LogP contribution is -2.27. The molecule has 1 aromatic carbocycles. The maximum absolute atomic E-state index is 12.4. The fourth-order valence-corrected chi connectivity index (χ4v) is 3.23. The monoisotopic (exact) mass is 413 g/mol. The Bertz CT molecular complexity index is 1080. The van der Waals surface area contributed by atoms with Gasteiger partial charge in [0.1, 0.15) is 22.8 Å². The SMILES string of the molecule is COc1cc(C)c(-c2cccc3c(NC(=O)OC(C)(C)C)c(OC)nn23)c(OC)c1. The van der Waals surface area contributed by atoms with Gasteiger partial charge in [0.25, 0.3) is 5.88 Å². The topological polar surface area (TPSA) is 83.3 Å². The summed E-state index contributed by atoms with van der Waals surface area (Å²) in [4.78, 5) is 12.4. The van der Waals surface area contributed by atoms with E-state index < -0.39 is 11.7 Å². The summed E-state index contributed by atoms with van der Waals surface area (Å²) in [6, 6.07) is 9.40. The van der Waals surface area contributed by atoms with Crippen molar-refractivity contribution in [3.8, 4) is 28.6 Å². The number of ether oxygens (including phenoxy) is 4. The summed E-state index contributed by atoms with van der Waals surface area (Å²) in [6.45, 7) is 7.38. The zero-order chi connectivity index (χ0) is 22.1. The molecule has 30 heavy (non-hydrogen) atoms. The molecule has 160 valence electrons. The van der Waals surface area contributed by atoms with Crippen LogP contribution in [0.3, 0.4) is 0 Å². The molecular weight excluding hydrogens is 386 g/mol. The summed E-state index contributed by atoms with van der Waals surface area (Å²) in [5, 5.41) is 7.31. The molecule has 0 bridgehead atoms. The Morgan fingerprint density at radius 2 is 1.80 bits per heavy atom. The highest BCUT2D eigenvalue weighted by molar-refractivity contribution is 5.94. The molecule has 0 unspecified atom stereocenters. The van der Waals surface area contributed by atoms with Gasteiger partial charge in [0.2, 0.25) is 0 Å². The van der Waals surface area contributed by atoms with Gasteiger partial charge in [0.05, 0.1) is 32.5 Å². The first-order valence-electron chi connectivity index (χ1n) is 9.47. The molecule has 0 aliphatic rings. The third-order valence-corrected chi connectivity index (χ3v) is 4.43. The van der Waals surface area contributed by atoms with Crippen LogP contribution in [-0.4, -0.2) is 42.6 Å². The lowest BCUT2D eigenvalue weighted by atomic mass is 10.0. The lowest BCUT2D eigenvalue weighted by Gasteiger charge is -2.19. The molecule has 0 radical (unpaired) electrons.